The lowest BCUT2D eigenvalue weighted by Crippen LogP contribution is -2.24. The lowest BCUT2D eigenvalue weighted by molar-refractivity contribution is 0.100. The Morgan fingerprint density at radius 3 is 1.74 bits per heavy atom. The molecule has 146 valence electrons. The molecule has 0 saturated heterocycles. The van der Waals surface area contributed by atoms with Crippen molar-refractivity contribution in [1.29, 1.82) is 0 Å². The Morgan fingerprint density at radius 1 is 0.926 bits per heavy atom. The van der Waals surface area contributed by atoms with Gasteiger partial charge in [0.2, 0.25) is 0 Å². The van der Waals surface area contributed by atoms with Gasteiger partial charge in [0.1, 0.15) is 17.1 Å². The highest BCUT2D eigenvalue weighted by Crippen LogP contribution is 2.43. The molecule has 0 aliphatic rings. The SMILES string of the molecule is CC(=O)c1c(O)c(-c2cc(C(C)(C)C)c(O)c(C(C)(C)C)c2)cn(O)c1=O. The predicted octanol–water partition coefficient (Wildman–Crippen LogP) is 3.96. The van der Waals surface area contributed by atoms with Crippen LogP contribution in [-0.4, -0.2) is 25.9 Å². The van der Waals surface area contributed by atoms with E-state index >= 15 is 0 Å². The molecule has 0 amide bonds. The van der Waals surface area contributed by atoms with Crippen LogP contribution in [0, 0.1) is 0 Å². The molecule has 1 aromatic heterocycles. The van der Waals surface area contributed by atoms with Crippen molar-refractivity contribution in [3.05, 3.63) is 45.4 Å². The van der Waals surface area contributed by atoms with Crippen LogP contribution in [0.5, 0.6) is 11.5 Å². The van der Waals surface area contributed by atoms with Crippen LogP contribution < -0.4 is 5.56 Å². The summed E-state index contributed by atoms with van der Waals surface area (Å²) >= 11 is 0. The van der Waals surface area contributed by atoms with Crippen molar-refractivity contribution < 1.29 is 20.2 Å². The van der Waals surface area contributed by atoms with Gasteiger partial charge in [-0.2, -0.15) is 4.73 Å². The van der Waals surface area contributed by atoms with Gasteiger partial charge in [0.15, 0.2) is 5.78 Å². The molecule has 0 radical (unpaired) electrons. The number of benzene rings is 1. The third-order valence-electron chi connectivity index (χ3n) is 4.55. The first-order chi connectivity index (χ1) is 12.2. The zero-order valence-corrected chi connectivity index (χ0v) is 16.8. The first-order valence-electron chi connectivity index (χ1n) is 8.73. The lowest BCUT2D eigenvalue weighted by atomic mass is 9.77. The Bertz CT molecular complexity index is 937. The van der Waals surface area contributed by atoms with E-state index in [0.29, 0.717) is 21.4 Å². The first-order valence-corrected chi connectivity index (χ1v) is 8.73. The van der Waals surface area contributed by atoms with Gasteiger partial charge in [0.25, 0.3) is 5.56 Å². The average molecular weight is 373 g/mol. The maximum Gasteiger partial charge on any atom is 0.297 e. The minimum atomic E-state index is -0.977. The van der Waals surface area contributed by atoms with Crippen LogP contribution in [0.4, 0.5) is 0 Å². The number of carbonyl (C=O) groups excluding carboxylic acids is 1. The van der Waals surface area contributed by atoms with Crippen molar-refractivity contribution in [2.24, 2.45) is 0 Å². The van der Waals surface area contributed by atoms with Crippen molar-refractivity contribution in [1.82, 2.24) is 4.73 Å². The number of rotatable bonds is 2. The van der Waals surface area contributed by atoms with Crippen LogP contribution in [-0.2, 0) is 10.8 Å². The highest BCUT2D eigenvalue weighted by atomic mass is 16.5. The molecular formula is C21H27NO5. The average Bonchev–Trinajstić information content (AvgIpc) is 2.49. The van der Waals surface area contributed by atoms with E-state index in [9.17, 15) is 25.0 Å². The van der Waals surface area contributed by atoms with Crippen molar-refractivity contribution in [2.45, 2.75) is 59.3 Å². The number of nitrogens with zero attached hydrogens (tertiary/aromatic N) is 1. The summed E-state index contributed by atoms with van der Waals surface area (Å²) in [6.07, 6.45) is 1.08. The van der Waals surface area contributed by atoms with Gasteiger partial charge in [-0.25, -0.2) is 0 Å². The monoisotopic (exact) mass is 373 g/mol. The summed E-state index contributed by atoms with van der Waals surface area (Å²) in [6.45, 7) is 12.9. The summed E-state index contributed by atoms with van der Waals surface area (Å²) in [5, 5.41) is 31.3. The molecule has 3 N–H and O–H groups in total. The molecule has 0 aliphatic heterocycles. The molecule has 6 nitrogen and oxygen atoms in total. The molecule has 0 fully saturated rings. The standard InChI is InChI=1S/C21H27NO5/c1-11(23)16-17(24)13(10-22(27)19(16)26)12-8-14(20(2,3)4)18(25)15(9-12)21(5,6)7/h8-10,24-25,27H,1-7H3. The van der Waals surface area contributed by atoms with E-state index in [-0.39, 0.29) is 11.3 Å². The fourth-order valence-corrected chi connectivity index (χ4v) is 3.05. The summed E-state index contributed by atoms with van der Waals surface area (Å²) in [7, 11) is 0. The van der Waals surface area contributed by atoms with E-state index in [1.54, 1.807) is 12.1 Å². The molecule has 0 spiro atoms. The van der Waals surface area contributed by atoms with Gasteiger partial charge in [0.05, 0.1) is 6.20 Å². The Morgan fingerprint density at radius 2 is 1.37 bits per heavy atom. The minimum Gasteiger partial charge on any atom is -0.507 e. The zero-order chi connectivity index (χ0) is 20.9. The van der Waals surface area contributed by atoms with Crippen molar-refractivity contribution >= 4 is 5.78 Å². The number of Topliss-reactive ketones (excluding diaryl/α,β-unsaturated/α-hetero) is 1. The van der Waals surface area contributed by atoms with Gasteiger partial charge >= 0.3 is 0 Å². The highest BCUT2D eigenvalue weighted by molar-refractivity contribution is 5.98. The number of phenols is 1. The van der Waals surface area contributed by atoms with Crippen molar-refractivity contribution in [3.63, 3.8) is 0 Å². The molecule has 27 heavy (non-hydrogen) atoms. The van der Waals surface area contributed by atoms with Gasteiger partial charge in [0, 0.05) is 16.7 Å². The van der Waals surface area contributed by atoms with Crippen LogP contribution in [0.1, 0.15) is 70.0 Å². The Hall–Kier alpha value is -2.76. The smallest absolute Gasteiger partial charge is 0.297 e. The predicted molar refractivity (Wildman–Crippen MR) is 104 cm³/mol. The van der Waals surface area contributed by atoms with E-state index in [1.165, 1.54) is 0 Å². The number of hydrogen-bond donors (Lipinski definition) is 3. The third-order valence-corrected chi connectivity index (χ3v) is 4.55. The highest BCUT2D eigenvalue weighted by Gasteiger charge is 2.28. The summed E-state index contributed by atoms with van der Waals surface area (Å²) in [5.74, 6) is -0.960. The lowest BCUT2D eigenvalue weighted by Gasteiger charge is -2.28. The fraction of sp³-hybridized carbons (Fsp3) is 0.429. The molecule has 0 atom stereocenters. The molecule has 0 unspecified atom stereocenters. The second-order valence-electron chi connectivity index (χ2n) is 8.89. The Balaban J connectivity index is 2.96. The maximum absolute atomic E-state index is 12.0. The number of hydrogen-bond acceptors (Lipinski definition) is 5. The topological polar surface area (TPSA) is 99.8 Å². The summed E-state index contributed by atoms with van der Waals surface area (Å²) in [6, 6.07) is 3.40. The third kappa shape index (κ3) is 3.70. The van der Waals surface area contributed by atoms with Crippen LogP contribution in [0.3, 0.4) is 0 Å². The zero-order valence-electron chi connectivity index (χ0n) is 16.8. The first kappa shape index (κ1) is 20.6. The molecule has 0 bridgehead atoms. The molecule has 0 saturated carbocycles. The second kappa shape index (κ2) is 6.44. The van der Waals surface area contributed by atoms with Gasteiger partial charge in [-0.15, -0.1) is 0 Å². The molecule has 6 heteroatoms. The second-order valence-corrected chi connectivity index (χ2v) is 8.89. The number of ketones is 1. The number of aromatic hydroxyl groups is 2. The Labute approximate surface area is 158 Å². The fourth-order valence-electron chi connectivity index (χ4n) is 3.05. The van der Waals surface area contributed by atoms with Gasteiger partial charge in [-0.1, -0.05) is 41.5 Å². The summed E-state index contributed by atoms with van der Waals surface area (Å²) in [5.41, 5.74) is -0.302. The van der Waals surface area contributed by atoms with Gasteiger partial charge < -0.3 is 15.4 Å². The number of carbonyl (C=O) groups is 1. The molecule has 2 aromatic rings. The Kier molecular flexibility index (Phi) is 4.90. The quantitative estimate of drug-likeness (QED) is 0.546. The summed E-state index contributed by atoms with van der Waals surface area (Å²) in [4.78, 5) is 23.8. The normalized spacial score (nSPS) is 12.3. The van der Waals surface area contributed by atoms with E-state index < -0.39 is 33.5 Å². The maximum atomic E-state index is 12.0. The van der Waals surface area contributed by atoms with Crippen LogP contribution in [0.15, 0.2) is 23.1 Å². The van der Waals surface area contributed by atoms with E-state index in [2.05, 4.69) is 0 Å². The van der Waals surface area contributed by atoms with E-state index in [0.717, 1.165) is 13.1 Å². The molecule has 2 rings (SSSR count). The van der Waals surface area contributed by atoms with E-state index in [1.807, 2.05) is 41.5 Å². The minimum absolute atomic E-state index is 0.137. The van der Waals surface area contributed by atoms with Crippen molar-refractivity contribution in [3.8, 4) is 22.6 Å². The van der Waals surface area contributed by atoms with Crippen LogP contribution in [0.25, 0.3) is 11.1 Å². The van der Waals surface area contributed by atoms with Crippen molar-refractivity contribution in [2.75, 3.05) is 0 Å². The van der Waals surface area contributed by atoms with Crippen LogP contribution >= 0.6 is 0 Å². The molecule has 0 aliphatic carbocycles. The molecular weight excluding hydrogens is 346 g/mol. The molecule has 1 aromatic carbocycles. The summed E-state index contributed by atoms with van der Waals surface area (Å²) < 4.78 is 0.298. The number of phenolic OH excluding ortho intramolecular Hbond substituents is 1. The molecule has 1 heterocycles. The van der Waals surface area contributed by atoms with Gasteiger partial charge in [-0.3, -0.25) is 9.59 Å². The van der Waals surface area contributed by atoms with E-state index in [4.69, 9.17) is 0 Å². The number of aromatic nitrogens is 1. The number of pyridine rings is 1. The van der Waals surface area contributed by atoms with Gasteiger partial charge in [-0.05, 0) is 35.4 Å². The van der Waals surface area contributed by atoms with Crippen LogP contribution in [0.2, 0.25) is 0 Å². The largest absolute Gasteiger partial charge is 0.507 e.